The van der Waals surface area contributed by atoms with E-state index in [1.165, 1.54) is 7.11 Å². The van der Waals surface area contributed by atoms with Crippen molar-refractivity contribution in [1.29, 1.82) is 0 Å². The number of nitrogens with one attached hydrogen (secondary N) is 1. The van der Waals surface area contributed by atoms with Crippen LogP contribution >= 0.6 is 0 Å². The molecule has 2 aliphatic rings. The zero-order valence-electron chi connectivity index (χ0n) is 19.3. The largest absolute Gasteiger partial charge is 0.464 e. The van der Waals surface area contributed by atoms with E-state index in [1.54, 1.807) is 13.8 Å². The van der Waals surface area contributed by atoms with E-state index < -0.39 is 55.9 Å². The average Bonchev–Trinajstić information content (AvgIpc) is 3.11. The van der Waals surface area contributed by atoms with Crippen LogP contribution in [-0.2, 0) is 23.4 Å². The summed E-state index contributed by atoms with van der Waals surface area (Å²) in [4.78, 5) is 38.9. The van der Waals surface area contributed by atoms with Crippen molar-refractivity contribution in [2.45, 2.75) is 83.1 Å². The summed E-state index contributed by atoms with van der Waals surface area (Å²) in [5.74, 6) is -1.74. The number of carbonyl (C=O) groups is 1. The molecule has 0 aromatic carbocycles. The Kier molecular flexibility index (Phi) is 6.13. The van der Waals surface area contributed by atoms with E-state index in [2.05, 4.69) is 38.8 Å². The first-order valence-corrected chi connectivity index (χ1v) is 13.2. The molecule has 0 unspecified atom stereocenters. The van der Waals surface area contributed by atoms with Crippen LogP contribution in [0.1, 0.15) is 51.3 Å². The number of fused-ring (bicyclic) bond motifs is 1. The van der Waals surface area contributed by atoms with Gasteiger partial charge in [0.2, 0.25) is 0 Å². The highest BCUT2D eigenvalue weighted by Gasteiger charge is 2.57. The van der Waals surface area contributed by atoms with Gasteiger partial charge < -0.3 is 23.4 Å². The molecule has 31 heavy (non-hydrogen) atoms. The van der Waals surface area contributed by atoms with Gasteiger partial charge in [-0.2, -0.15) is 0 Å². The van der Waals surface area contributed by atoms with Gasteiger partial charge in [-0.25, -0.2) is 9.59 Å². The number of aromatic nitrogens is 2. The maximum Gasteiger partial charge on any atom is 0.355 e. The van der Waals surface area contributed by atoms with Gasteiger partial charge in [-0.05, 0) is 32.0 Å². The van der Waals surface area contributed by atoms with E-state index in [0.717, 1.165) is 10.6 Å². The SMILES string of the molecule is COC(=O)c1cc(=O)[nH]c(=O)n1[C@@H]1O[C@H](CO[Si](C)(C)C(C)(C)C)[C@H]2OC(C)(C)O[C@H]21. The van der Waals surface area contributed by atoms with Crippen LogP contribution in [0.25, 0.3) is 0 Å². The molecule has 10 nitrogen and oxygen atoms in total. The van der Waals surface area contributed by atoms with Crippen LogP contribution in [0.4, 0.5) is 0 Å². The molecule has 2 saturated heterocycles. The summed E-state index contributed by atoms with van der Waals surface area (Å²) >= 11 is 0. The zero-order valence-corrected chi connectivity index (χ0v) is 20.3. The van der Waals surface area contributed by atoms with E-state index in [9.17, 15) is 14.4 Å². The molecule has 0 saturated carbocycles. The molecule has 0 aliphatic carbocycles. The number of carbonyl (C=O) groups excluding carboxylic acids is 1. The lowest BCUT2D eigenvalue weighted by Gasteiger charge is -2.37. The van der Waals surface area contributed by atoms with Crippen molar-refractivity contribution in [2.75, 3.05) is 13.7 Å². The van der Waals surface area contributed by atoms with Gasteiger partial charge >= 0.3 is 11.7 Å². The molecule has 2 fully saturated rings. The Morgan fingerprint density at radius 3 is 2.42 bits per heavy atom. The Morgan fingerprint density at radius 1 is 1.23 bits per heavy atom. The first kappa shape index (κ1) is 23.9. The lowest BCUT2D eigenvalue weighted by molar-refractivity contribution is -0.200. The summed E-state index contributed by atoms with van der Waals surface area (Å²) in [7, 11) is -0.901. The summed E-state index contributed by atoms with van der Waals surface area (Å²) in [6.07, 6.45) is -2.74. The van der Waals surface area contributed by atoms with Crippen LogP contribution < -0.4 is 11.2 Å². The monoisotopic (exact) mass is 456 g/mol. The lowest BCUT2D eigenvalue weighted by atomic mass is 10.1. The van der Waals surface area contributed by atoms with Gasteiger partial charge in [0.05, 0.1) is 13.7 Å². The van der Waals surface area contributed by atoms with Crippen LogP contribution in [-0.4, -0.2) is 61.7 Å². The van der Waals surface area contributed by atoms with Crippen LogP contribution in [0, 0.1) is 0 Å². The number of aromatic amines is 1. The smallest absolute Gasteiger partial charge is 0.355 e. The molecular formula is C20H32N2O8Si. The van der Waals surface area contributed by atoms with Gasteiger partial charge in [0.1, 0.15) is 24.0 Å². The fourth-order valence-electron chi connectivity index (χ4n) is 3.53. The Morgan fingerprint density at radius 2 is 1.84 bits per heavy atom. The molecule has 3 heterocycles. The van der Waals surface area contributed by atoms with Gasteiger partial charge in [-0.3, -0.25) is 14.3 Å². The molecule has 11 heteroatoms. The number of hydrogen-bond donors (Lipinski definition) is 1. The molecule has 0 amide bonds. The van der Waals surface area contributed by atoms with Gasteiger partial charge in [0.15, 0.2) is 20.3 Å². The first-order chi connectivity index (χ1) is 14.2. The van der Waals surface area contributed by atoms with E-state index in [4.69, 9.17) is 23.4 Å². The molecule has 174 valence electrons. The quantitative estimate of drug-likeness (QED) is 0.526. The Hall–Kier alpha value is -1.79. The van der Waals surface area contributed by atoms with E-state index in [1.807, 2.05) is 0 Å². The van der Waals surface area contributed by atoms with Gasteiger partial charge in [0.25, 0.3) is 5.56 Å². The van der Waals surface area contributed by atoms with Crippen LogP contribution in [0.3, 0.4) is 0 Å². The number of hydrogen-bond acceptors (Lipinski definition) is 8. The Balaban J connectivity index is 1.97. The van der Waals surface area contributed by atoms with E-state index in [0.29, 0.717) is 0 Å². The Labute approximate surface area is 181 Å². The standard InChI is InChI=1S/C20H32N2O8Si/c1-19(2,3)31(7,8)27-10-12-14-15(30-20(4,5)29-14)16(28-12)22-11(17(24)26-6)9-13(23)21-18(22)25/h9,12,14-16H,10H2,1-8H3,(H,21,23,25)/t12-,14-,15-,16-/m1/s1. The third-order valence-electron chi connectivity index (χ3n) is 6.17. The fourth-order valence-corrected chi connectivity index (χ4v) is 4.54. The highest BCUT2D eigenvalue weighted by molar-refractivity contribution is 6.74. The summed E-state index contributed by atoms with van der Waals surface area (Å²) < 4.78 is 30.4. The first-order valence-electron chi connectivity index (χ1n) is 10.3. The van der Waals surface area contributed by atoms with Crippen LogP contribution in [0.15, 0.2) is 15.7 Å². The normalized spacial score (nSPS) is 27.9. The van der Waals surface area contributed by atoms with Crippen molar-refractivity contribution in [2.24, 2.45) is 0 Å². The van der Waals surface area contributed by atoms with Crippen molar-refractivity contribution in [1.82, 2.24) is 9.55 Å². The summed E-state index contributed by atoms with van der Waals surface area (Å²) in [5.41, 5.74) is -1.73. The van der Waals surface area contributed by atoms with E-state index in [-0.39, 0.29) is 17.3 Å². The molecule has 1 aromatic rings. The number of rotatable bonds is 5. The minimum Gasteiger partial charge on any atom is -0.464 e. The summed E-state index contributed by atoms with van der Waals surface area (Å²) in [6, 6.07) is 1.01. The van der Waals surface area contributed by atoms with Crippen molar-refractivity contribution in [3.8, 4) is 0 Å². The molecule has 4 atom stereocenters. The second-order valence-electron chi connectivity index (χ2n) is 9.89. The van der Waals surface area contributed by atoms with Crippen LogP contribution in [0.2, 0.25) is 18.1 Å². The Bertz CT molecular complexity index is 961. The molecule has 0 spiro atoms. The highest BCUT2D eigenvalue weighted by atomic mass is 28.4. The second kappa shape index (κ2) is 7.96. The topological polar surface area (TPSA) is 118 Å². The summed E-state index contributed by atoms with van der Waals surface area (Å²) in [5, 5.41) is 0.00458. The molecule has 0 bridgehead atoms. The second-order valence-corrected chi connectivity index (χ2v) is 14.7. The van der Waals surface area contributed by atoms with Crippen molar-refractivity contribution < 1.29 is 28.2 Å². The molecule has 1 aromatic heterocycles. The third-order valence-corrected chi connectivity index (χ3v) is 10.7. The predicted molar refractivity (Wildman–Crippen MR) is 114 cm³/mol. The predicted octanol–water partition coefficient (Wildman–Crippen LogP) is 1.76. The molecule has 1 N–H and O–H groups in total. The molecular weight excluding hydrogens is 424 g/mol. The van der Waals surface area contributed by atoms with Gasteiger partial charge in [-0.1, -0.05) is 20.8 Å². The number of esters is 1. The molecule has 3 rings (SSSR count). The highest BCUT2D eigenvalue weighted by Crippen LogP contribution is 2.44. The minimum atomic E-state index is -2.07. The number of methoxy groups -OCH3 is 1. The maximum atomic E-state index is 12.7. The zero-order chi connectivity index (χ0) is 23.4. The number of nitrogens with zero attached hydrogens (tertiary/aromatic N) is 1. The molecule has 2 aliphatic heterocycles. The van der Waals surface area contributed by atoms with Crippen molar-refractivity contribution in [3.63, 3.8) is 0 Å². The number of ether oxygens (including phenoxy) is 4. The van der Waals surface area contributed by atoms with E-state index >= 15 is 0 Å². The fraction of sp³-hybridized carbons (Fsp3) is 0.750. The number of H-pyrrole nitrogens is 1. The van der Waals surface area contributed by atoms with Crippen molar-refractivity contribution >= 4 is 14.3 Å². The van der Waals surface area contributed by atoms with Gasteiger partial charge in [-0.15, -0.1) is 0 Å². The van der Waals surface area contributed by atoms with Crippen LogP contribution in [0.5, 0.6) is 0 Å². The van der Waals surface area contributed by atoms with Crippen molar-refractivity contribution in [3.05, 3.63) is 32.6 Å². The average molecular weight is 457 g/mol. The maximum absolute atomic E-state index is 12.7. The lowest BCUT2D eigenvalue weighted by Crippen LogP contribution is -2.44. The summed E-state index contributed by atoms with van der Waals surface area (Å²) in [6.45, 7) is 14.5. The van der Waals surface area contributed by atoms with Gasteiger partial charge in [0, 0.05) is 6.07 Å². The third kappa shape index (κ3) is 4.56. The molecule has 0 radical (unpaired) electrons. The minimum absolute atomic E-state index is 0.00458.